The molecular weight excluding hydrogens is 254 g/mol. The number of aliphatic hydroxyl groups is 2. The Hall–Kier alpha value is -1.62. The van der Waals surface area contributed by atoms with E-state index in [9.17, 15) is 5.11 Å². The minimum absolute atomic E-state index is 0.0811. The zero-order valence-corrected chi connectivity index (χ0v) is 11.6. The number of aliphatic hydroxyl groups excluding tert-OH is 2. The second kappa shape index (κ2) is 7.24. The molecule has 0 amide bonds. The van der Waals surface area contributed by atoms with Gasteiger partial charge in [0.2, 0.25) is 0 Å². The van der Waals surface area contributed by atoms with Gasteiger partial charge in [0.1, 0.15) is 18.1 Å². The van der Waals surface area contributed by atoms with Gasteiger partial charge in [-0.25, -0.2) is 0 Å². The molecule has 0 bridgehead atoms. The first-order chi connectivity index (χ1) is 9.69. The van der Waals surface area contributed by atoms with Gasteiger partial charge < -0.3 is 19.9 Å². The molecule has 4 nitrogen and oxygen atoms in total. The lowest BCUT2D eigenvalue weighted by atomic mass is 10.0. The third kappa shape index (κ3) is 4.20. The summed E-state index contributed by atoms with van der Waals surface area (Å²) in [6.07, 6.45) is 0.167. The summed E-state index contributed by atoms with van der Waals surface area (Å²) in [4.78, 5) is 0. The first-order valence-electron chi connectivity index (χ1n) is 6.84. The minimum atomic E-state index is -0.469. The highest BCUT2D eigenvalue weighted by Crippen LogP contribution is 2.18. The molecule has 0 radical (unpaired) electrons. The molecule has 2 aromatic rings. The Labute approximate surface area is 119 Å². The van der Waals surface area contributed by atoms with Gasteiger partial charge >= 0.3 is 0 Å². The molecule has 0 aliphatic rings. The smallest absolute Gasteiger partial charge is 0.129 e. The van der Waals surface area contributed by atoms with Crippen LogP contribution < -0.4 is 5.32 Å². The predicted molar refractivity (Wildman–Crippen MR) is 77.0 cm³/mol. The molecule has 3 N–H and O–H groups in total. The zero-order chi connectivity index (χ0) is 14.4. The van der Waals surface area contributed by atoms with Gasteiger partial charge in [-0.3, -0.25) is 0 Å². The zero-order valence-electron chi connectivity index (χ0n) is 11.6. The Morgan fingerprint density at radius 2 is 1.80 bits per heavy atom. The van der Waals surface area contributed by atoms with E-state index in [1.807, 2.05) is 43.3 Å². The first kappa shape index (κ1) is 14.8. The molecule has 2 rings (SSSR count). The van der Waals surface area contributed by atoms with E-state index in [0.717, 1.165) is 11.3 Å². The van der Waals surface area contributed by atoms with E-state index < -0.39 is 6.10 Å². The van der Waals surface area contributed by atoms with E-state index in [4.69, 9.17) is 9.52 Å². The Bertz CT molecular complexity index is 509. The quantitative estimate of drug-likeness (QED) is 0.726. The SMILES string of the molecule is CC(CC(O)c1ccccc1)NCc1ccc(CO)o1. The summed E-state index contributed by atoms with van der Waals surface area (Å²) in [5.41, 5.74) is 0.932. The van der Waals surface area contributed by atoms with Gasteiger partial charge in [-0.1, -0.05) is 30.3 Å². The van der Waals surface area contributed by atoms with Crippen LogP contribution in [0.5, 0.6) is 0 Å². The standard InChI is InChI=1S/C16H21NO3/c1-12(9-16(19)13-5-3-2-4-6-13)17-10-14-7-8-15(11-18)20-14/h2-8,12,16-19H,9-11H2,1H3. The van der Waals surface area contributed by atoms with Gasteiger partial charge in [0, 0.05) is 6.04 Å². The van der Waals surface area contributed by atoms with Crippen molar-refractivity contribution in [3.8, 4) is 0 Å². The van der Waals surface area contributed by atoms with Crippen molar-refractivity contribution in [2.24, 2.45) is 0 Å². The van der Waals surface area contributed by atoms with E-state index in [2.05, 4.69) is 5.32 Å². The molecule has 1 heterocycles. The average molecular weight is 275 g/mol. The minimum Gasteiger partial charge on any atom is -0.462 e. The van der Waals surface area contributed by atoms with Crippen molar-refractivity contribution in [1.29, 1.82) is 0 Å². The van der Waals surface area contributed by atoms with Gasteiger partial charge in [0.05, 0.1) is 12.6 Å². The van der Waals surface area contributed by atoms with Crippen molar-refractivity contribution >= 4 is 0 Å². The number of hydrogen-bond donors (Lipinski definition) is 3. The van der Waals surface area contributed by atoms with Crippen molar-refractivity contribution in [2.75, 3.05) is 0 Å². The van der Waals surface area contributed by atoms with Crippen LogP contribution in [0.15, 0.2) is 46.9 Å². The van der Waals surface area contributed by atoms with Crippen molar-refractivity contribution in [1.82, 2.24) is 5.32 Å². The normalized spacial score (nSPS) is 14.2. The second-order valence-electron chi connectivity index (χ2n) is 4.97. The van der Waals surface area contributed by atoms with Gasteiger partial charge in [-0.15, -0.1) is 0 Å². The first-order valence-corrected chi connectivity index (χ1v) is 6.84. The summed E-state index contributed by atoms with van der Waals surface area (Å²) in [7, 11) is 0. The fraction of sp³-hybridized carbons (Fsp3) is 0.375. The molecule has 108 valence electrons. The van der Waals surface area contributed by atoms with E-state index in [0.29, 0.717) is 18.7 Å². The second-order valence-corrected chi connectivity index (χ2v) is 4.97. The fourth-order valence-electron chi connectivity index (χ4n) is 2.11. The summed E-state index contributed by atoms with van der Waals surface area (Å²) >= 11 is 0. The van der Waals surface area contributed by atoms with Gasteiger partial charge in [-0.05, 0) is 31.0 Å². The maximum atomic E-state index is 10.1. The van der Waals surface area contributed by atoms with E-state index >= 15 is 0 Å². The molecule has 2 unspecified atom stereocenters. The molecular formula is C16H21NO3. The van der Waals surface area contributed by atoms with Crippen LogP contribution in [0, 0.1) is 0 Å². The monoisotopic (exact) mass is 275 g/mol. The van der Waals surface area contributed by atoms with E-state index in [1.165, 1.54) is 0 Å². The molecule has 4 heteroatoms. The summed E-state index contributed by atoms with van der Waals surface area (Å²) < 4.78 is 5.40. The summed E-state index contributed by atoms with van der Waals surface area (Å²) in [5.74, 6) is 1.36. The maximum absolute atomic E-state index is 10.1. The van der Waals surface area contributed by atoms with E-state index in [1.54, 1.807) is 6.07 Å². The van der Waals surface area contributed by atoms with Crippen LogP contribution in [0.4, 0.5) is 0 Å². The highest BCUT2D eigenvalue weighted by Gasteiger charge is 2.12. The third-order valence-electron chi connectivity index (χ3n) is 3.26. The topological polar surface area (TPSA) is 65.6 Å². The van der Waals surface area contributed by atoms with Crippen LogP contribution in [0.1, 0.15) is 36.5 Å². The van der Waals surface area contributed by atoms with Crippen molar-refractivity contribution in [3.63, 3.8) is 0 Å². The van der Waals surface area contributed by atoms with Crippen LogP contribution in [0.2, 0.25) is 0 Å². The lowest BCUT2D eigenvalue weighted by Crippen LogP contribution is -2.27. The number of furan rings is 1. The molecule has 20 heavy (non-hydrogen) atoms. The largest absolute Gasteiger partial charge is 0.462 e. The molecule has 0 saturated carbocycles. The number of rotatable bonds is 7. The Kier molecular flexibility index (Phi) is 5.35. The van der Waals surface area contributed by atoms with Crippen LogP contribution in [0.3, 0.4) is 0 Å². The van der Waals surface area contributed by atoms with Crippen molar-refractivity contribution in [2.45, 2.75) is 38.6 Å². The molecule has 2 atom stereocenters. The number of nitrogens with one attached hydrogen (secondary N) is 1. The lowest BCUT2D eigenvalue weighted by molar-refractivity contribution is 0.153. The van der Waals surface area contributed by atoms with E-state index in [-0.39, 0.29) is 12.6 Å². The average Bonchev–Trinajstić information content (AvgIpc) is 2.94. The van der Waals surface area contributed by atoms with Crippen LogP contribution in [0.25, 0.3) is 0 Å². The predicted octanol–water partition coefficient (Wildman–Crippen LogP) is 2.37. The maximum Gasteiger partial charge on any atom is 0.129 e. The summed E-state index contributed by atoms with van der Waals surface area (Å²) in [6, 6.07) is 13.4. The van der Waals surface area contributed by atoms with Crippen LogP contribution in [-0.4, -0.2) is 16.3 Å². The van der Waals surface area contributed by atoms with Gasteiger partial charge in [0.15, 0.2) is 0 Å². The third-order valence-corrected chi connectivity index (χ3v) is 3.26. The molecule has 0 fully saturated rings. The molecule has 0 spiro atoms. The molecule has 0 aliphatic heterocycles. The Morgan fingerprint density at radius 3 is 2.45 bits per heavy atom. The van der Waals surface area contributed by atoms with Gasteiger partial charge in [0.25, 0.3) is 0 Å². The summed E-state index contributed by atoms with van der Waals surface area (Å²) in [6.45, 7) is 2.53. The highest BCUT2D eigenvalue weighted by molar-refractivity contribution is 5.17. The van der Waals surface area contributed by atoms with Crippen LogP contribution >= 0.6 is 0 Å². The lowest BCUT2D eigenvalue weighted by Gasteiger charge is -2.17. The highest BCUT2D eigenvalue weighted by atomic mass is 16.4. The summed E-state index contributed by atoms with van der Waals surface area (Å²) in [5, 5.41) is 22.4. The molecule has 0 saturated heterocycles. The Balaban J connectivity index is 1.79. The molecule has 0 aliphatic carbocycles. The molecule has 1 aromatic heterocycles. The molecule has 1 aromatic carbocycles. The Morgan fingerprint density at radius 1 is 1.10 bits per heavy atom. The fourth-order valence-corrected chi connectivity index (χ4v) is 2.11. The van der Waals surface area contributed by atoms with Crippen molar-refractivity contribution < 1.29 is 14.6 Å². The number of benzene rings is 1. The van der Waals surface area contributed by atoms with Crippen molar-refractivity contribution in [3.05, 3.63) is 59.5 Å². The van der Waals surface area contributed by atoms with Gasteiger partial charge in [-0.2, -0.15) is 0 Å². The number of hydrogen-bond acceptors (Lipinski definition) is 4. The van der Waals surface area contributed by atoms with Crippen LogP contribution in [-0.2, 0) is 13.2 Å².